The van der Waals surface area contributed by atoms with Crippen LogP contribution in [0, 0.1) is 11.8 Å². The maximum absolute atomic E-state index is 13.5. The van der Waals surface area contributed by atoms with Gasteiger partial charge >= 0.3 is 36.6 Å². The van der Waals surface area contributed by atoms with Crippen LogP contribution in [-0.4, -0.2) is 325 Å². The first-order chi connectivity index (χ1) is 55.5. The topological polar surface area (TPSA) is 553 Å². The molecule has 0 aromatic heterocycles. The summed E-state index contributed by atoms with van der Waals surface area (Å²) in [6, 6.07) is -6.30. The van der Waals surface area contributed by atoms with Crippen LogP contribution in [0.2, 0.25) is 0 Å². The van der Waals surface area contributed by atoms with E-state index in [4.69, 9.17) is 72.0 Å². The van der Waals surface area contributed by atoms with Gasteiger partial charge in [-0.05, 0) is 214 Å². The van der Waals surface area contributed by atoms with Crippen molar-refractivity contribution in [3.8, 4) is 0 Å². The van der Waals surface area contributed by atoms with Crippen molar-refractivity contribution in [2.45, 2.75) is 377 Å². The summed E-state index contributed by atoms with van der Waals surface area (Å²) >= 11 is 0. The molecule has 4 fully saturated rings. The largest absolute Gasteiger partial charge is 0.467 e. The van der Waals surface area contributed by atoms with Gasteiger partial charge in [0.2, 0.25) is 24.4 Å². The number of alkyl carbamates (subject to hydrolysis) is 4. The van der Waals surface area contributed by atoms with E-state index in [9.17, 15) is 84.3 Å². The van der Waals surface area contributed by atoms with Gasteiger partial charge in [0, 0.05) is 40.2 Å². The first-order valence-electron chi connectivity index (χ1n) is 41.4. The molecule has 24 atom stereocenters. The fourth-order valence-electron chi connectivity index (χ4n) is 14.4. The molecule has 0 unspecified atom stereocenters. The summed E-state index contributed by atoms with van der Waals surface area (Å²) < 4.78 is 81.8. The summed E-state index contributed by atoms with van der Waals surface area (Å²) in [5.41, 5.74) is -2.62. The number of hydrogen-bond donors (Lipinski definition) is 16. The van der Waals surface area contributed by atoms with Crippen molar-refractivity contribution >= 4 is 48.4 Å². The minimum atomic E-state index is -1.79. The normalized spacial score (nSPS) is 31.6. The highest BCUT2D eigenvalue weighted by atomic mass is 16.7. The SMILES string of the molecule is C[C@H]1C[C@@H](NC(=O)[C@@H](O)CCNC(=O)OC(C)(C)C)[C@H](O[C@H]2OC[C@](C)(O)[C@H](N(C)C(=O)OC(C)(C)C)[C@H]2O)[C@@H](O)[C@@H]1O[C@H]1OC(CCCCO)=CC[C@H]1NC(=O)OC(C)(C)C.C[C@H]1C[C@@H](NC(=O)[C@@H](O)CCNC(=O)OC(C)(C)C)[C@H](O[C@H]2OC[C@](C)(O)[C@H](N(C)C(=O)OC(C)(C)C)[C@H]2O)[C@@H](O)[C@@H]1O[C@H]1OC(CN)=CC[C@H]1NC(=O)OC(C)(C)C. The molecule has 0 aromatic rings. The van der Waals surface area contributed by atoms with Crippen LogP contribution in [0.25, 0.3) is 0 Å². The Morgan fingerprint density at radius 1 is 0.471 bits per heavy atom. The quantitative estimate of drug-likeness (QED) is 0.0414. The fourth-order valence-corrected chi connectivity index (χ4v) is 14.4. The van der Waals surface area contributed by atoms with E-state index in [1.807, 2.05) is 6.08 Å². The van der Waals surface area contributed by atoms with Crippen molar-refractivity contribution in [1.82, 2.24) is 41.7 Å². The van der Waals surface area contributed by atoms with Crippen LogP contribution >= 0.6 is 0 Å². The van der Waals surface area contributed by atoms with Gasteiger partial charge in [0.15, 0.2) is 12.6 Å². The zero-order valence-electron chi connectivity index (χ0n) is 74.9. The van der Waals surface area contributed by atoms with E-state index < -0.39 is 241 Å². The van der Waals surface area contributed by atoms with Crippen LogP contribution in [-0.2, 0) is 75.9 Å². The number of nitrogens with zero attached hydrogens (tertiary/aromatic N) is 2. The standard InChI is InChI=1S/C42H74N4O16.C39H69N5O15/c1-23-21-26(44-33(51)27(48)18-19-43-36(52)60-39(2,3)4)31(59-35-29(50)32(42(11,55)22-56-35)46(12)38(54)62-41(8,9)10)28(49)30(23)58-34-25(45-37(53)61-40(5,6)7)17-16-24(57-34)15-13-14-20-47;1-20-17-23(42-30(48)24(45)15-16-41-33(49)57-36(2,3)4)28(56-32-26(47)29(39(11,52)19-53-32)44(12)35(51)59-38(8,9)10)25(46)27(20)55-31-22(14-13-21(18-40)54-31)43-34(50)58-37(5,6)7/h16,23,25-32,34-35,47-50,55H,13-15,17-22H2,1-12H3,(H,43,52)(H,44,51)(H,45,53);13,20,22-29,31-32,45-47,52H,14-19,40H2,1-12H3,(H,41,49)(H,42,48)(H,43,50)/t23-,25+,26+,27-,28-,29+,30+,31-,32+,34+,35+,42-;20-,22+,23+,24-,25-,26+,27+,28-,29+,31+,32+,39-/m00/s1. The molecular formula is C81H143N9O31. The van der Waals surface area contributed by atoms with E-state index in [-0.39, 0.29) is 64.8 Å². The lowest BCUT2D eigenvalue weighted by atomic mass is 9.79. The number of carbonyl (C=O) groups excluding carboxylic acids is 8. The number of hydrogen-bond acceptors (Lipinski definition) is 32. The summed E-state index contributed by atoms with van der Waals surface area (Å²) in [4.78, 5) is 105. The molecule has 6 rings (SSSR count). The Balaban J connectivity index is 0.000000431. The Hall–Kier alpha value is -7.00. The molecule has 2 saturated carbocycles. The molecule has 698 valence electrons. The fraction of sp³-hybridized carbons (Fsp3) is 0.852. The molecule has 6 aliphatic rings. The smallest absolute Gasteiger partial charge is 0.410 e. The minimum absolute atomic E-state index is 0.00407. The molecular weight excluding hydrogens is 1590 g/mol. The summed E-state index contributed by atoms with van der Waals surface area (Å²) in [6.45, 7) is 35.7. The predicted octanol–water partition coefficient (Wildman–Crippen LogP) is 3.41. The Morgan fingerprint density at radius 3 is 1.12 bits per heavy atom. The number of aliphatic hydroxyl groups is 9. The van der Waals surface area contributed by atoms with Crippen LogP contribution in [0.1, 0.15) is 210 Å². The first kappa shape index (κ1) is 105. The molecule has 0 bridgehead atoms. The van der Waals surface area contributed by atoms with Crippen LogP contribution in [0.3, 0.4) is 0 Å². The second-order valence-electron chi connectivity index (χ2n) is 38.3. The summed E-state index contributed by atoms with van der Waals surface area (Å²) in [7, 11) is 2.69. The highest BCUT2D eigenvalue weighted by Crippen LogP contribution is 2.40. The molecule has 17 N–H and O–H groups in total. The van der Waals surface area contributed by atoms with Gasteiger partial charge in [-0.1, -0.05) is 13.8 Å². The molecule has 40 heteroatoms. The molecule has 121 heavy (non-hydrogen) atoms. The molecule has 2 saturated heterocycles. The monoisotopic (exact) mass is 1740 g/mol. The van der Waals surface area contributed by atoms with Gasteiger partial charge < -0.3 is 160 Å². The highest BCUT2D eigenvalue weighted by molar-refractivity contribution is 5.81. The molecule has 2 aliphatic carbocycles. The van der Waals surface area contributed by atoms with Gasteiger partial charge in [-0.25, -0.2) is 28.8 Å². The number of nitrogens with one attached hydrogen (secondary N) is 6. The van der Waals surface area contributed by atoms with Crippen molar-refractivity contribution in [1.29, 1.82) is 0 Å². The highest BCUT2D eigenvalue weighted by Gasteiger charge is 2.57. The van der Waals surface area contributed by atoms with Crippen molar-refractivity contribution in [2.24, 2.45) is 17.6 Å². The van der Waals surface area contributed by atoms with E-state index in [0.29, 0.717) is 30.8 Å². The van der Waals surface area contributed by atoms with Crippen LogP contribution in [0.15, 0.2) is 23.7 Å². The number of aliphatic hydroxyl groups excluding tert-OH is 7. The predicted molar refractivity (Wildman–Crippen MR) is 432 cm³/mol. The Morgan fingerprint density at radius 2 is 0.793 bits per heavy atom. The van der Waals surface area contributed by atoms with E-state index in [2.05, 4.69) is 31.9 Å². The van der Waals surface area contributed by atoms with Crippen molar-refractivity contribution in [3.05, 3.63) is 23.7 Å². The second kappa shape index (κ2) is 43.7. The Bertz CT molecular complexity index is 3440. The molecule has 4 heterocycles. The third kappa shape index (κ3) is 33.5. The number of allylic oxidation sites excluding steroid dienone is 1. The number of likely N-dealkylation sites (N-methyl/N-ethyl adjacent to an activating group) is 2. The molecule has 40 nitrogen and oxygen atoms in total. The number of carbonyl (C=O) groups is 8. The number of unbranched alkanes of at least 4 members (excludes halogenated alkanes) is 1. The van der Waals surface area contributed by atoms with Crippen molar-refractivity contribution in [3.63, 3.8) is 0 Å². The van der Waals surface area contributed by atoms with Gasteiger partial charge in [-0.2, -0.15) is 0 Å². The first-order valence-corrected chi connectivity index (χ1v) is 41.4. The third-order valence-electron chi connectivity index (χ3n) is 19.7. The van der Waals surface area contributed by atoms with Gasteiger partial charge in [-0.15, -0.1) is 0 Å². The summed E-state index contributed by atoms with van der Waals surface area (Å²) in [5, 5.41) is 117. The molecule has 0 spiro atoms. The molecule has 0 radical (unpaired) electrons. The van der Waals surface area contributed by atoms with E-state index >= 15 is 0 Å². The van der Waals surface area contributed by atoms with E-state index in [1.54, 1.807) is 145 Å². The zero-order valence-corrected chi connectivity index (χ0v) is 74.9. The lowest BCUT2D eigenvalue weighted by Crippen LogP contribution is -2.69. The summed E-state index contributed by atoms with van der Waals surface area (Å²) in [6.07, 6.45) is -19.5. The molecule has 0 aromatic carbocycles. The van der Waals surface area contributed by atoms with Gasteiger partial charge in [0.25, 0.3) is 0 Å². The van der Waals surface area contributed by atoms with E-state index in [1.165, 1.54) is 27.9 Å². The number of rotatable bonds is 27. The van der Waals surface area contributed by atoms with E-state index in [0.717, 1.165) is 9.80 Å². The number of nitrogens with two attached hydrogens (primary N) is 1. The second-order valence-corrected chi connectivity index (χ2v) is 38.3. The lowest BCUT2D eigenvalue weighted by molar-refractivity contribution is -0.313. The van der Waals surface area contributed by atoms with Gasteiger partial charge in [0.05, 0.1) is 74.0 Å². The number of ether oxygens (including phenoxy) is 14. The Labute approximate surface area is 710 Å². The number of amides is 8. The van der Waals surface area contributed by atoms with Crippen molar-refractivity contribution < 1.29 is 151 Å². The minimum Gasteiger partial charge on any atom is -0.467 e. The summed E-state index contributed by atoms with van der Waals surface area (Å²) in [5.74, 6) is -1.84. The maximum atomic E-state index is 13.5. The van der Waals surface area contributed by atoms with Crippen LogP contribution in [0.4, 0.5) is 28.8 Å². The Kier molecular flexibility index (Phi) is 37.8. The maximum Gasteiger partial charge on any atom is 0.410 e. The zero-order chi connectivity index (χ0) is 91.8. The van der Waals surface area contributed by atoms with Crippen molar-refractivity contribution in [2.75, 3.05) is 53.6 Å². The third-order valence-corrected chi connectivity index (χ3v) is 19.7. The molecule has 8 amide bonds. The average Bonchev–Trinajstić information content (AvgIpc) is 0.767. The van der Waals surface area contributed by atoms with Gasteiger partial charge in [0.1, 0.15) is 99.4 Å². The van der Waals surface area contributed by atoms with Crippen LogP contribution < -0.4 is 37.6 Å². The molecule has 4 aliphatic heterocycles. The lowest BCUT2D eigenvalue weighted by Gasteiger charge is -2.50. The average molecular weight is 1740 g/mol. The van der Waals surface area contributed by atoms with Crippen LogP contribution in [0.5, 0.6) is 0 Å². The van der Waals surface area contributed by atoms with Gasteiger partial charge in [-0.3, -0.25) is 9.59 Å².